The molecule has 0 saturated carbocycles. The summed E-state index contributed by atoms with van der Waals surface area (Å²) in [6.07, 6.45) is 4.92. The number of nitrogens with zero attached hydrogens (tertiary/aromatic N) is 3. The number of rotatable bonds is 5. The molecule has 1 unspecified atom stereocenters. The van der Waals surface area contributed by atoms with Gasteiger partial charge in [0.25, 0.3) is 0 Å². The Morgan fingerprint density at radius 1 is 1.07 bits per heavy atom. The summed E-state index contributed by atoms with van der Waals surface area (Å²) in [5, 5.41) is 4.09. The number of aryl methyl sites for hydroxylation is 2. The van der Waals surface area contributed by atoms with Crippen LogP contribution in [-0.2, 0) is 17.9 Å². The Balaban J connectivity index is 1.44. The Morgan fingerprint density at radius 3 is 2.50 bits per heavy atom. The second kappa shape index (κ2) is 8.54. The van der Waals surface area contributed by atoms with Gasteiger partial charge in [-0.15, -0.1) is 0 Å². The lowest BCUT2D eigenvalue weighted by molar-refractivity contribution is -0.132. The van der Waals surface area contributed by atoms with Gasteiger partial charge in [-0.2, -0.15) is 0 Å². The molecule has 1 spiro atoms. The zero-order valence-corrected chi connectivity index (χ0v) is 18.9. The zero-order chi connectivity index (χ0) is 21.3. The summed E-state index contributed by atoms with van der Waals surface area (Å²) < 4.78 is 5.35. The highest BCUT2D eigenvalue weighted by molar-refractivity contribution is 5.79. The minimum absolute atomic E-state index is 0.0104. The lowest BCUT2D eigenvalue weighted by atomic mass is 9.87. The molecule has 2 saturated heterocycles. The van der Waals surface area contributed by atoms with Crippen LogP contribution >= 0.6 is 0 Å². The monoisotopic (exact) mass is 409 g/mol. The minimum atomic E-state index is -0.0104. The van der Waals surface area contributed by atoms with Crippen LogP contribution in [0.25, 0.3) is 0 Å². The molecule has 2 aliphatic heterocycles. The number of hydrogen-bond donors (Lipinski definition) is 0. The fraction of sp³-hybridized carbons (Fsp3) is 0.600. The molecule has 5 nitrogen and oxygen atoms in total. The molecule has 1 aromatic carbocycles. The van der Waals surface area contributed by atoms with Gasteiger partial charge < -0.3 is 9.42 Å². The van der Waals surface area contributed by atoms with Gasteiger partial charge in [0, 0.05) is 30.6 Å². The second-order valence-electron chi connectivity index (χ2n) is 9.53. The number of carbonyl (C=O) groups is 1. The maximum Gasteiger partial charge on any atom is 0.223 e. The third-order valence-corrected chi connectivity index (χ3v) is 7.24. The number of likely N-dealkylation sites (tertiary alicyclic amines) is 2. The van der Waals surface area contributed by atoms with Crippen LogP contribution in [-0.4, -0.2) is 39.5 Å². The van der Waals surface area contributed by atoms with Gasteiger partial charge in [-0.1, -0.05) is 43.3 Å². The van der Waals surface area contributed by atoms with Crippen molar-refractivity contribution < 1.29 is 9.32 Å². The smallest absolute Gasteiger partial charge is 0.223 e. The molecule has 2 aromatic rings. The Morgan fingerprint density at radius 2 is 1.83 bits per heavy atom. The standard InChI is InChI=1S/C25H35N3O2/c1-18(2)22-8-6-21(7-9-22)16-27-14-5-11-25(13-15-27)12-10-24(29)28(25)17-23-19(3)26-30-20(23)4/h6-9,18H,5,10-17H2,1-4H3. The normalized spacial score (nSPS) is 23.0. The Kier molecular flexibility index (Phi) is 6.01. The van der Waals surface area contributed by atoms with Gasteiger partial charge in [0.15, 0.2) is 0 Å². The lowest BCUT2D eigenvalue weighted by Crippen LogP contribution is -2.46. The molecular formula is C25H35N3O2. The molecular weight excluding hydrogens is 374 g/mol. The van der Waals surface area contributed by atoms with E-state index in [4.69, 9.17) is 4.52 Å². The van der Waals surface area contributed by atoms with Crippen molar-refractivity contribution in [3.8, 4) is 0 Å². The molecule has 2 fully saturated rings. The first-order chi connectivity index (χ1) is 14.4. The molecule has 1 atom stereocenters. The summed E-state index contributed by atoms with van der Waals surface area (Å²) in [4.78, 5) is 17.5. The molecule has 0 radical (unpaired) electrons. The van der Waals surface area contributed by atoms with Crippen LogP contribution in [0.3, 0.4) is 0 Å². The number of amides is 1. The maximum absolute atomic E-state index is 12.8. The lowest BCUT2D eigenvalue weighted by Gasteiger charge is -2.38. The van der Waals surface area contributed by atoms with Gasteiger partial charge in [-0.25, -0.2) is 0 Å². The van der Waals surface area contributed by atoms with E-state index in [1.807, 2.05) is 13.8 Å². The average molecular weight is 410 g/mol. The number of hydrogen-bond acceptors (Lipinski definition) is 4. The van der Waals surface area contributed by atoms with Crippen LogP contribution in [0.5, 0.6) is 0 Å². The molecule has 3 heterocycles. The molecule has 4 rings (SSSR count). The van der Waals surface area contributed by atoms with Gasteiger partial charge in [0.05, 0.1) is 12.2 Å². The maximum atomic E-state index is 12.8. The van der Waals surface area contributed by atoms with E-state index >= 15 is 0 Å². The van der Waals surface area contributed by atoms with E-state index in [9.17, 15) is 4.79 Å². The zero-order valence-electron chi connectivity index (χ0n) is 18.9. The van der Waals surface area contributed by atoms with Crippen molar-refractivity contribution in [1.29, 1.82) is 0 Å². The fourth-order valence-electron chi connectivity index (χ4n) is 5.19. The van der Waals surface area contributed by atoms with Crippen molar-refractivity contribution in [2.75, 3.05) is 13.1 Å². The highest BCUT2D eigenvalue weighted by Crippen LogP contribution is 2.40. The molecule has 162 valence electrons. The third kappa shape index (κ3) is 4.18. The summed E-state index contributed by atoms with van der Waals surface area (Å²) in [6, 6.07) is 9.08. The van der Waals surface area contributed by atoms with Crippen LogP contribution in [0.1, 0.15) is 80.0 Å². The summed E-state index contributed by atoms with van der Waals surface area (Å²) in [5.74, 6) is 1.69. The molecule has 30 heavy (non-hydrogen) atoms. The van der Waals surface area contributed by atoms with E-state index in [-0.39, 0.29) is 11.4 Å². The molecule has 1 aromatic heterocycles. The van der Waals surface area contributed by atoms with E-state index in [1.54, 1.807) is 0 Å². The van der Waals surface area contributed by atoms with Gasteiger partial charge in [0.2, 0.25) is 5.91 Å². The highest BCUT2D eigenvalue weighted by atomic mass is 16.5. The first-order valence-corrected chi connectivity index (χ1v) is 11.4. The summed E-state index contributed by atoms with van der Waals surface area (Å²) >= 11 is 0. The quantitative estimate of drug-likeness (QED) is 0.700. The van der Waals surface area contributed by atoms with Gasteiger partial charge in [-0.3, -0.25) is 9.69 Å². The molecule has 1 amide bonds. The molecule has 0 aliphatic carbocycles. The van der Waals surface area contributed by atoms with Crippen LogP contribution < -0.4 is 0 Å². The Labute approximate surface area is 180 Å². The van der Waals surface area contributed by atoms with E-state index < -0.39 is 0 Å². The number of benzene rings is 1. The van der Waals surface area contributed by atoms with Crippen LogP contribution in [0.4, 0.5) is 0 Å². The van der Waals surface area contributed by atoms with Crippen LogP contribution in [0.2, 0.25) is 0 Å². The average Bonchev–Trinajstić information content (AvgIpc) is 3.11. The first-order valence-electron chi connectivity index (χ1n) is 11.4. The summed E-state index contributed by atoms with van der Waals surface area (Å²) in [5.41, 5.74) is 4.75. The largest absolute Gasteiger partial charge is 0.361 e. The van der Waals surface area contributed by atoms with Crippen molar-refractivity contribution in [3.05, 3.63) is 52.4 Å². The van der Waals surface area contributed by atoms with Crippen molar-refractivity contribution in [3.63, 3.8) is 0 Å². The second-order valence-corrected chi connectivity index (χ2v) is 9.53. The molecule has 5 heteroatoms. The summed E-state index contributed by atoms with van der Waals surface area (Å²) in [6.45, 7) is 12.2. The Bertz CT molecular complexity index is 867. The van der Waals surface area contributed by atoms with Crippen molar-refractivity contribution in [2.45, 2.75) is 84.3 Å². The predicted molar refractivity (Wildman–Crippen MR) is 118 cm³/mol. The van der Waals surface area contributed by atoms with E-state index in [0.717, 1.165) is 62.3 Å². The highest BCUT2D eigenvalue weighted by Gasteiger charge is 2.46. The topological polar surface area (TPSA) is 49.6 Å². The van der Waals surface area contributed by atoms with E-state index in [0.29, 0.717) is 18.9 Å². The summed E-state index contributed by atoms with van der Waals surface area (Å²) in [7, 11) is 0. The third-order valence-electron chi connectivity index (χ3n) is 7.24. The van der Waals surface area contributed by atoms with Crippen LogP contribution in [0.15, 0.2) is 28.8 Å². The van der Waals surface area contributed by atoms with Crippen LogP contribution in [0, 0.1) is 13.8 Å². The van der Waals surface area contributed by atoms with Gasteiger partial charge >= 0.3 is 0 Å². The van der Waals surface area contributed by atoms with E-state index in [1.165, 1.54) is 11.1 Å². The van der Waals surface area contributed by atoms with Gasteiger partial charge in [0.1, 0.15) is 5.76 Å². The fourth-order valence-corrected chi connectivity index (χ4v) is 5.19. The SMILES string of the molecule is Cc1noc(C)c1CN1C(=O)CCC12CCCN(Cc1ccc(C(C)C)cc1)CC2. The number of carbonyl (C=O) groups excluding carboxylic acids is 1. The predicted octanol–water partition coefficient (Wildman–Crippen LogP) is 4.96. The number of aromatic nitrogens is 1. The molecule has 0 bridgehead atoms. The van der Waals surface area contributed by atoms with Crippen molar-refractivity contribution in [1.82, 2.24) is 15.0 Å². The first kappa shape index (κ1) is 21.1. The van der Waals surface area contributed by atoms with Gasteiger partial charge in [-0.05, 0) is 63.1 Å². The molecule has 2 aliphatic rings. The van der Waals surface area contributed by atoms with Crippen molar-refractivity contribution >= 4 is 5.91 Å². The minimum Gasteiger partial charge on any atom is -0.361 e. The van der Waals surface area contributed by atoms with E-state index in [2.05, 4.69) is 53.1 Å². The Hall–Kier alpha value is -2.14. The van der Waals surface area contributed by atoms with Crippen molar-refractivity contribution in [2.24, 2.45) is 0 Å². The molecule has 0 N–H and O–H groups in total.